The zero-order valence-electron chi connectivity index (χ0n) is 14.1. The van der Waals surface area contributed by atoms with Crippen molar-refractivity contribution in [2.24, 2.45) is 5.92 Å². The summed E-state index contributed by atoms with van der Waals surface area (Å²) in [6, 6.07) is 0.939. The molecular weight excluding hydrogens is 264 g/mol. The number of hydrogen-bond donors (Lipinski definition) is 1. The second-order valence-electron chi connectivity index (χ2n) is 6.68. The predicted octanol–water partition coefficient (Wildman–Crippen LogP) is 5.09. The quantitative estimate of drug-likeness (QED) is 0.426. The Bertz CT molecular complexity index is 289. The lowest BCUT2D eigenvalue weighted by Gasteiger charge is -2.36. The van der Waals surface area contributed by atoms with E-state index in [4.69, 9.17) is 0 Å². The molecule has 0 saturated heterocycles. The first-order valence-corrected chi connectivity index (χ1v) is 10.4. The maximum absolute atomic E-state index is 11.4. The Morgan fingerprint density at radius 3 is 2.20 bits per heavy atom. The fourth-order valence-electron chi connectivity index (χ4n) is 2.90. The maximum Gasteiger partial charge on any atom is 0.193 e. The molecule has 0 aliphatic rings. The van der Waals surface area contributed by atoms with E-state index in [1.165, 1.54) is 0 Å². The van der Waals surface area contributed by atoms with Crippen molar-refractivity contribution in [1.82, 2.24) is 0 Å². The van der Waals surface area contributed by atoms with Gasteiger partial charge in [0.25, 0.3) is 0 Å². The van der Waals surface area contributed by atoms with Gasteiger partial charge in [-0.05, 0) is 42.3 Å². The molecule has 0 heterocycles. The lowest BCUT2D eigenvalue weighted by Crippen LogP contribution is -2.43. The van der Waals surface area contributed by atoms with E-state index in [0.29, 0.717) is 35.6 Å². The molecule has 0 amide bonds. The number of carbonyl (C=O) groups excluding carboxylic acids is 1. The van der Waals surface area contributed by atoms with Crippen molar-refractivity contribution in [2.45, 2.75) is 83.8 Å². The highest BCUT2D eigenvalue weighted by molar-refractivity contribution is 6.75. The van der Waals surface area contributed by atoms with Crippen molar-refractivity contribution in [3.05, 3.63) is 12.7 Å². The van der Waals surface area contributed by atoms with Crippen molar-refractivity contribution in [3.8, 4) is 0 Å². The monoisotopic (exact) mass is 298 g/mol. The van der Waals surface area contributed by atoms with E-state index < -0.39 is 8.32 Å². The van der Waals surface area contributed by atoms with Gasteiger partial charge in [0, 0.05) is 12.8 Å². The summed E-state index contributed by atoms with van der Waals surface area (Å²) in [6.45, 7) is 14.4. The Kier molecular flexibility index (Phi) is 9.31. The van der Waals surface area contributed by atoms with E-state index in [-0.39, 0.29) is 0 Å². The summed E-state index contributed by atoms with van der Waals surface area (Å²) in [5, 5.41) is 0. The third-order valence-corrected chi connectivity index (χ3v) is 9.81. The molecule has 1 N–H and O–H groups in total. The minimum atomic E-state index is -2.22. The Morgan fingerprint density at radius 1 is 1.25 bits per heavy atom. The molecule has 0 radical (unpaired) electrons. The zero-order chi connectivity index (χ0) is 15.8. The lowest BCUT2D eigenvalue weighted by atomic mass is 9.99. The molecule has 3 heteroatoms. The highest BCUT2D eigenvalue weighted by Gasteiger charge is 2.39. The Hall–Kier alpha value is -0.413. The van der Waals surface area contributed by atoms with E-state index in [1.54, 1.807) is 0 Å². The number of allylic oxidation sites excluding steroid dienone is 1. The largest absolute Gasteiger partial charge is 0.431 e. The fourth-order valence-corrected chi connectivity index (χ4v) is 6.48. The lowest BCUT2D eigenvalue weighted by molar-refractivity contribution is -0.118. The van der Waals surface area contributed by atoms with E-state index >= 15 is 0 Å². The van der Waals surface area contributed by atoms with Gasteiger partial charge in [0.15, 0.2) is 8.32 Å². The van der Waals surface area contributed by atoms with Gasteiger partial charge in [-0.15, -0.1) is 6.58 Å². The molecule has 0 aromatic heterocycles. The SMILES string of the molecule is C=CCC(CCCC(=O)CC)C[Si](O)(C(C)C)C(C)C. The molecule has 20 heavy (non-hydrogen) atoms. The topological polar surface area (TPSA) is 37.3 Å². The second kappa shape index (κ2) is 9.51. The summed E-state index contributed by atoms with van der Waals surface area (Å²) in [6.07, 6.45) is 6.23. The van der Waals surface area contributed by atoms with Crippen LogP contribution in [0, 0.1) is 5.92 Å². The minimum Gasteiger partial charge on any atom is -0.431 e. The summed E-state index contributed by atoms with van der Waals surface area (Å²) >= 11 is 0. The van der Waals surface area contributed by atoms with Crippen LogP contribution in [0.5, 0.6) is 0 Å². The van der Waals surface area contributed by atoms with Crippen molar-refractivity contribution < 1.29 is 9.59 Å². The first-order valence-electron chi connectivity index (χ1n) is 8.12. The molecule has 0 aliphatic heterocycles. The average Bonchev–Trinajstić information content (AvgIpc) is 2.37. The number of ketones is 1. The summed E-state index contributed by atoms with van der Waals surface area (Å²) < 4.78 is 0. The predicted molar refractivity (Wildman–Crippen MR) is 90.4 cm³/mol. The normalized spacial score (nSPS) is 13.8. The number of Topliss-reactive ketones (excluding diaryl/α,β-unsaturated/α-hetero) is 1. The molecule has 0 aromatic rings. The van der Waals surface area contributed by atoms with E-state index in [0.717, 1.165) is 25.3 Å². The third-order valence-electron chi connectivity index (χ3n) is 4.58. The molecule has 0 aliphatic carbocycles. The van der Waals surface area contributed by atoms with Crippen LogP contribution in [0.3, 0.4) is 0 Å². The van der Waals surface area contributed by atoms with Crippen LogP contribution >= 0.6 is 0 Å². The van der Waals surface area contributed by atoms with Gasteiger partial charge in [0.1, 0.15) is 5.78 Å². The van der Waals surface area contributed by atoms with Gasteiger partial charge < -0.3 is 4.80 Å². The number of hydrogen-bond acceptors (Lipinski definition) is 2. The van der Waals surface area contributed by atoms with Crippen LogP contribution in [0.2, 0.25) is 17.1 Å². The van der Waals surface area contributed by atoms with Gasteiger partial charge in [-0.1, -0.05) is 40.7 Å². The van der Waals surface area contributed by atoms with E-state index in [2.05, 4.69) is 34.3 Å². The van der Waals surface area contributed by atoms with Gasteiger partial charge in [-0.25, -0.2) is 0 Å². The molecule has 1 unspecified atom stereocenters. The van der Waals surface area contributed by atoms with E-state index in [9.17, 15) is 9.59 Å². The second-order valence-corrected chi connectivity index (χ2v) is 11.4. The first-order chi connectivity index (χ1) is 9.27. The van der Waals surface area contributed by atoms with Gasteiger partial charge >= 0.3 is 0 Å². The molecule has 0 aromatic carbocycles. The molecule has 0 fully saturated rings. The maximum atomic E-state index is 11.4. The molecule has 1 atom stereocenters. The van der Waals surface area contributed by atoms with Gasteiger partial charge in [-0.2, -0.15) is 0 Å². The summed E-state index contributed by atoms with van der Waals surface area (Å²) in [5.41, 5.74) is 0.763. The Balaban J connectivity index is 4.58. The van der Waals surface area contributed by atoms with Crippen LogP contribution in [0.4, 0.5) is 0 Å². The van der Waals surface area contributed by atoms with Crippen LogP contribution in [0.15, 0.2) is 12.7 Å². The summed E-state index contributed by atoms with van der Waals surface area (Å²) in [5.74, 6) is 0.834. The fraction of sp³-hybridized carbons (Fsp3) is 0.824. The highest BCUT2D eigenvalue weighted by atomic mass is 28.4. The van der Waals surface area contributed by atoms with Gasteiger partial charge in [0.05, 0.1) is 0 Å². The van der Waals surface area contributed by atoms with Crippen molar-refractivity contribution in [1.29, 1.82) is 0 Å². The molecule has 0 saturated carbocycles. The minimum absolute atomic E-state index is 0.350. The molecular formula is C17H34O2Si. The molecule has 0 rings (SSSR count). The smallest absolute Gasteiger partial charge is 0.193 e. The van der Waals surface area contributed by atoms with Crippen molar-refractivity contribution >= 4 is 14.1 Å². The van der Waals surface area contributed by atoms with Crippen LogP contribution in [0.1, 0.15) is 66.7 Å². The average molecular weight is 299 g/mol. The molecule has 0 bridgehead atoms. The van der Waals surface area contributed by atoms with E-state index in [1.807, 2.05) is 13.0 Å². The third kappa shape index (κ3) is 6.36. The van der Waals surface area contributed by atoms with Gasteiger partial charge in [-0.3, -0.25) is 4.79 Å². The van der Waals surface area contributed by atoms with Crippen LogP contribution in [-0.2, 0) is 4.79 Å². The summed E-state index contributed by atoms with van der Waals surface area (Å²) in [7, 11) is -2.22. The van der Waals surface area contributed by atoms with Crippen molar-refractivity contribution in [2.75, 3.05) is 0 Å². The van der Waals surface area contributed by atoms with Gasteiger partial charge in [0.2, 0.25) is 0 Å². The standard InChI is InChI=1S/C17H34O2Si/c1-7-10-16(11-9-12-17(18)8-2)13-20(19,14(3)4)15(5)6/h7,14-16,19H,1,8-13H2,2-6H3. The highest BCUT2D eigenvalue weighted by Crippen LogP contribution is 2.38. The zero-order valence-corrected chi connectivity index (χ0v) is 15.1. The van der Waals surface area contributed by atoms with Crippen molar-refractivity contribution in [3.63, 3.8) is 0 Å². The number of carbonyl (C=O) groups is 1. The summed E-state index contributed by atoms with van der Waals surface area (Å²) in [4.78, 5) is 22.4. The molecule has 118 valence electrons. The van der Waals surface area contributed by atoms with Crippen LogP contribution in [-0.4, -0.2) is 18.9 Å². The first kappa shape index (κ1) is 19.6. The van der Waals surface area contributed by atoms with Crippen LogP contribution < -0.4 is 0 Å². The van der Waals surface area contributed by atoms with Crippen LogP contribution in [0.25, 0.3) is 0 Å². The molecule has 2 nitrogen and oxygen atoms in total. The number of rotatable bonds is 11. The Labute approximate surface area is 126 Å². The molecule has 0 spiro atoms. The Morgan fingerprint density at radius 2 is 1.80 bits per heavy atom.